The highest BCUT2D eigenvalue weighted by Gasteiger charge is 2.14. The largest absolute Gasteiger partial charge is 0.467 e. The van der Waals surface area contributed by atoms with Gasteiger partial charge in [0.1, 0.15) is 5.76 Å². The number of anilines is 1. The lowest BCUT2D eigenvalue weighted by Crippen LogP contribution is -2.07. The van der Waals surface area contributed by atoms with Crippen LogP contribution in [0.2, 0.25) is 0 Å². The Labute approximate surface area is 160 Å². The number of furan rings is 1. The summed E-state index contributed by atoms with van der Waals surface area (Å²) < 4.78 is 6.06. The summed E-state index contributed by atoms with van der Waals surface area (Å²) in [6, 6.07) is 9.91. The number of carbonyl (C=O) groups is 1. The molecule has 2 aromatic heterocycles. The fourth-order valence-corrected chi connectivity index (χ4v) is 4.68. The van der Waals surface area contributed by atoms with Crippen LogP contribution >= 0.6 is 23.1 Å². The fraction of sp³-hybridized carbons (Fsp3) is 0.316. The molecule has 0 atom stereocenters. The summed E-state index contributed by atoms with van der Waals surface area (Å²) in [5.74, 6) is 1.37. The van der Waals surface area contributed by atoms with Crippen LogP contribution in [0.4, 0.5) is 5.13 Å². The second-order valence-corrected chi connectivity index (χ2v) is 8.41. The van der Waals surface area contributed by atoms with Crippen LogP contribution in [-0.4, -0.2) is 21.7 Å². The third-order valence-electron chi connectivity index (χ3n) is 4.40. The number of fused-ring (bicyclic) bond motifs is 1. The van der Waals surface area contributed by atoms with E-state index in [4.69, 9.17) is 4.42 Å². The summed E-state index contributed by atoms with van der Waals surface area (Å²) in [7, 11) is 0. The molecule has 5 nitrogen and oxygen atoms in total. The van der Waals surface area contributed by atoms with Crippen molar-refractivity contribution in [1.82, 2.24) is 10.2 Å². The average molecular weight is 386 g/mol. The van der Waals surface area contributed by atoms with Gasteiger partial charge in [-0.2, -0.15) is 0 Å². The van der Waals surface area contributed by atoms with E-state index < -0.39 is 0 Å². The van der Waals surface area contributed by atoms with Gasteiger partial charge in [0, 0.05) is 5.56 Å². The van der Waals surface area contributed by atoms with Crippen molar-refractivity contribution in [3.05, 3.63) is 59.0 Å². The first-order chi connectivity index (χ1) is 12.8. The highest BCUT2D eigenvalue weighted by molar-refractivity contribution is 8.01. The van der Waals surface area contributed by atoms with Crippen LogP contribution in [0.25, 0.3) is 0 Å². The van der Waals surface area contributed by atoms with Crippen molar-refractivity contribution in [2.24, 2.45) is 0 Å². The van der Waals surface area contributed by atoms with E-state index in [1.807, 2.05) is 18.2 Å². The van der Waals surface area contributed by atoms with Crippen molar-refractivity contribution in [2.75, 3.05) is 11.1 Å². The van der Waals surface area contributed by atoms with Gasteiger partial charge in [-0.25, -0.2) is 0 Å². The van der Waals surface area contributed by atoms with Crippen molar-refractivity contribution in [2.45, 2.75) is 36.6 Å². The minimum Gasteiger partial charge on any atom is -0.467 e. The van der Waals surface area contributed by atoms with E-state index in [1.54, 1.807) is 6.26 Å². The number of aromatic nitrogens is 2. The molecule has 3 aromatic rings. The zero-order chi connectivity index (χ0) is 17.8. The van der Waals surface area contributed by atoms with Gasteiger partial charge in [0.05, 0.1) is 18.6 Å². The van der Waals surface area contributed by atoms with Crippen molar-refractivity contribution < 1.29 is 9.21 Å². The molecule has 0 aliphatic heterocycles. The second-order valence-electron chi connectivity index (χ2n) is 6.21. The van der Waals surface area contributed by atoms with Gasteiger partial charge in [-0.15, -0.1) is 10.2 Å². The first-order valence-corrected chi connectivity index (χ1v) is 10.5. The minimum absolute atomic E-state index is 0.142. The third kappa shape index (κ3) is 4.16. The van der Waals surface area contributed by atoms with E-state index in [-0.39, 0.29) is 5.78 Å². The molecule has 4 rings (SSSR count). The lowest BCUT2D eigenvalue weighted by Gasteiger charge is -2.16. The Morgan fingerprint density at radius 3 is 2.92 bits per heavy atom. The average Bonchev–Trinajstić information content (AvgIpc) is 3.36. The van der Waals surface area contributed by atoms with E-state index in [0.717, 1.165) is 33.6 Å². The summed E-state index contributed by atoms with van der Waals surface area (Å²) in [6.07, 6.45) is 6.34. The molecule has 0 unspecified atom stereocenters. The molecule has 1 aliphatic carbocycles. The van der Waals surface area contributed by atoms with Crippen LogP contribution in [0.15, 0.2) is 45.4 Å². The van der Waals surface area contributed by atoms with Crippen molar-refractivity contribution in [1.29, 1.82) is 0 Å². The lowest BCUT2D eigenvalue weighted by atomic mass is 9.90. The van der Waals surface area contributed by atoms with Crippen LogP contribution < -0.4 is 5.32 Å². The monoisotopic (exact) mass is 385 g/mol. The maximum absolute atomic E-state index is 12.5. The lowest BCUT2D eigenvalue weighted by molar-refractivity contribution is 0.102. The number of carbonyl (C=O) groups excluding carboxylic acids is 1. The number of hydrogen-bond acceptors (Lipinski definition) is 7. The van der Waals surface area contributed by atoms with Gasteiger partial charge in [-0.05, 0) is 55.0 Å². The number of Topliss-reactive ketones (excluding diaryl/α,β-unsaturated/α-hetero) is 1. The third-order valence-corrected chi connectivity index (χ3v) is 6.41. The minimum atomic E-state index is 0.142. The van der Waals surface area contributed by atoms with Gasteiger partial charge in [-0.1, -0.05) is 35.2 Å². The van der Waals surface area contributed by atoms with E-state index in [2.05, 4.69) is 27.6 Å². The van der Waals surface area contributed by atoms with Gasteiger partial charge in [0.25, 0.3) is 0 Å². The smallest absolute Gasteiger partial charge is 0.206 e. The highest BCUT2D eigenvalue weighted by Crippen LogP contribution is 2.27. The SMILES string of the molecule is O=C(CSc1nnc(NCc2ccco2)s1)c1ccc2c(c1)CCCC2. The fourth-order valence-electron chi connectivity index (χ4n) is 3.03. The summed E-state index contributed by atoms with van der Waals surface area (Å²) in [5.41, 5.74) is 3.54. The van der Waals surface area contributed by atoms with Gasteiger partial charge in [0.2, 0.25) is 5.13 Å². The quantitative estimate of drug-likeness (QED) is 0.474. The first kappa shape index (κ1) is 17.3. The number of hydrogen-bond donors (Lipinski definition) is 1. The van der Waals surface area contributed by atoms with Crippen molar-refractivity contribution in [3.63, 3.8) is 0 Å². The molecule has 0 bridgehead atoms. The molecule has 1 aromatic carbocycles. The molecule has 134 valence electrons. The molecule has 0 saturated heterocycles. The van der Waals surface area contributed by atoms with Crippen molar-refractivity contribution >= 4 is 34.0 Å². The molecule has 2 heterocycles. The van der Waals surface area contributed by atoms with Crippen LogP contribution in [0.3, 0.4) is 0 Å². The van der Waals surface area contributed by atoms with E-state index in [0.29, 0.717) is 12.3 Å². The Morgan fingerprint density at radius 2 is 2.08 bits per heavy atom. The van der Waals surface area contributed by atoms with Crippen LogP contribution in [-0.2, 0) is 19.4 Å². The molecule has 26 heavy (non-hydrogen) atoms. The Hall–Kier alpha value is -2.12. The predicted molar refractivity (Wildman–Crippen MR) is 104 cm³/mol. The Morgan fingerprint density at radius 1 is 1.19 bits per heavy atom. The first-order valence-electron chi connectivity index (χ1n) is 8.65. The molecular weight excluding hydrogens is 366 g/mol. The number of benzene rings is 1. The second kappa shape index (κ2) is 8.05. The maximum Gasteiger partial charge on any atom is 0.206 e. The molecule has 0 radical (unpaired) electrons. The van der Waals surface area contributed by atoms with Gasteiger partial charge >= 0.3 is 0 Å². The summed E-state index contributed by atoms with van der Waals surface area (Å²) in [6.45, 7) is 0.570. The van der Waals surface area contributed by atoms with Crippen molar-refractivity contribution in [3.8, 4) is 0 Å². The number of nitrogens with one attached hydrogen (secondary N) is 1. The van der Waals surface area contributed by atoms with E-state index >= 15 is 0 Å². The Bertz CT molecular complexity index is 890. The molecule has 0 fully saturated rings. The zero-order valence-electron chi connectivity index (χ0n) is 14.2. The summed E-state index contributed by atoms with van der Waals surface area (Å²) in [5, 5.41) is 12.1. The summed E-state index contributed by atoms with van der Waals surface area (Å²) in [4.78, 5) is 12.5. The standard InChI is InChI=1S/C19H19N3O2S2/c23-17(15-8-7-13-4-1-2-5-14(13)10-15)12-25-19-22-21-18(26-19)20-11-16-6-3-9-24-16/h3,6-10H,1-2,4-5,11-12H2,(H,20,21). The molecule has 7 heteroatoms. The molecular formula is C19H19N3O2S2. The van der Waals surface area contributed by atoms with Gasteiger partial charge < -0.3 is 9.73 Å². The Kier molecular flexibility index (Phi) is 5.36. The van der Waals surface area contributed by atoms with Crippen LogP contribution in [0, 0.1) is 0 Å². The molecule has 1 N–H and O–H groups in total. The number of aryl methyl sites for hydroxylation is 2. The maximum atomic E-state index is 12.5. The molecule has 0 spiro atoms. The zero-order valence-corrected chi connectivity index (χ0v) is 15.9. The van der Waals surface area contributed by atoms with Crippen LogP contribution in [0.1, 0.15) is 40.1 Å². The number of ketones is 1. The van der Waals surface area contributed by atoms with E-state index in [9.17, 15) is 4.79 Å². The summed E-state index contributed by atoms with van der Waals surface area (Å²) >= 11 is 2.89. The Balaban J connectivity index is 1.31. The number of rotatable bonds is 7. The van der Waals surface area contributed by atoms with Crippen LogP contribution in [0.5, 0.6) is 0 Å². The predicted octanol–water partition coefficient (Wildman–Crippen LogP) is 4.60. The van der Waals surface area contributed by atoms with Gasteiger partial charge in [0.15, 0.2) is 10.1 Å². The van der Waals surface area contributed by atoms with E-state index in [1.165, 1.54) is 47.1 Å². The molecule has 0 amide bonds. The highest BCUT2D eigenvalue weighted by atomic mass is 32.2. The normalized spacial score (nSPS) is 13.4. The number of thioether (sulfide) groups is 1. The molecule has 1 aliphatic rings. The topological polar surface area (TPSA) is 68.0 Å². The number of nitrogens with zero attached hydrogens (tertiary/aromatic N) is 2. The molecule has 0 saturated carbocycles. The van der Waals surface area contributed by atoms with Gasteiger partial charge in [-0.3, -0.25) is 4.79 Å².